The number of nitrogens with zero attached hydrogens (tertiary/aromatic N) is 1. The van der Waals surface area contributed by atoms with E-state index in [1.807, 2.05) is 4.90 Å². The summed E-state index contributed by atoms with van der Waals surface area (Å²) in [5.41, 5.74) is 6.44. The fourth-order valence-corrected chi connectivity index (χ4v) is 2.62. The van der Waals surface area contributed by atoms with E-state index in [9.17, 15) is 12.8 Å². The molecule has 1 rings (SSSR count). The number of nitrogens with two attached hydrogens (primary N) is 1. The Morgan fingerprint density at radius 1 is 1.47 bits per heavy atom. The van der Waals surface area contributed by atoms with E-state index in [0.717, 1.165) is 5.56 Å². The quantitative estimate of drug-likeness (QED) is 0.843. The maximum absolute atomic E-state index is 13.5. The molecule has 108 valence electrons. The Kier molecular flexibility index (Phi) is 5.91. The smallest absolute Gasteiger partial charge is 0.148 e. The first-order chi connectivity index (χ1) is 8.74. The molecule has 0 aliphatic heterocycles. The van der Waals surface area contributed by atoms with Crippen molar-refractivity contribution in [3.8, 4) is 0 Å². The van der Waals surface area contributed by atoms with Gasteiger partial charge in [0, 0.05) is 25.4 Å². The minimum Gasteiger partial charge on any atom is -0.329 e. The van der Waals surface area contributed by atoms with E-state index in [4.69, 9.17) is 5.73 Å². The van der Waals surface area contributed by atoms with E-state index in [0.29, 0.717) is 17.6 Å². The lowest BCUT2D eigenvalue weighted by Gasteiger charge is -2.27. The summed E-state index contributed by atoms with van der Waals surface area (Å²) in [6, 6.07) is 4.61. The molecule has 1 atom stereocenters. The van der Waals surface area contributed by atoms with Crippen molar-refractivity contribution < 1.29 is 12.8 Å². The summed E-state index contributed by atoms with van der Waals surface area (Å²) >= 11 is 3.10. The second-order valence-electron chi connectivity index (χ2n) is 4.54. The Bertz CT molecular complexity index is 537. The van der Waals surface area contributed by atoms with E-state index in [1.165, 1.54) is 12.3 Å². The Morgan fingerprint density at radius 2 is 2.11 bits per heavy atom. The zero-order valence-corrected chi connectivity index (χ0v) is 13.3. The molecule has 0 aliphatic rings. The predicted molar refractivity (Wildman–Crippen MR) is 78.2 cm³/mol. The van der Waals surface area contributed by atoms with Gasteiger partial charge in [-0.2, -0.15) is 0 Å². The van der Waals surface area contributed by atoms with Crippen LogP contribution in [0.15, 0.2) is 22.7 Å². The lowest BCUT2D eigenvalue weighted by molar-refractivity contribution is 0.264. The average molecular weight is 353 g/mol. The normalized spacial score (nSPS) is 13.8. The number of likely N-dealkylation sites (N-methyl/N-ethyl adjacent to an activating group) is 1. The van der Waals surface area contributed by atoms with E-state index >= 15 is 0 Å². The van der Waals surface area contributed by atoms with Gasteiger partial charge in [0.05, 0.1) is 10.2 Å². The Morgan fingerprint density at radius 3 is 2.58 bits per heavy atom. The van der Waals surface area contributed by atoms with Crippen LogP contribution in [0.1, 0.15) is 11.6 Å². The first-order valence-corrected chi connectivity index (χ1v) is 8.63. The summed E-state index contributed by atoms with van der Waals surface area (Å²) in [6.45, 7) is 0.652. The van der Waals surface area contributed by atoms with Crippen molar-refractivity contribution in [2.24, 2.45) is 5.73 Å². The summed E-state index contributed by atoms with van der Waals surface area (Å²) in [6.07, 6.45) is 1.19. The van der Waals surface area contributed by atoms with Crippen molar-refractivity contribution in [1.82, 2.24) is 4.90 Å². The highest BCUT2D eigenvalue weighted by atomic mass is 79.9. The molecular formula is C12H18BrFN2O2S. The molecule has 1 aromatic carbocycles. The fourth-order valence-electron chi connectivity index (χ4n) is 1.76. The lowest BCUT2D eigenvalue weighted by atomic mass is 10.1. The van der Waals surface area contributed by atoms with Crippen LogP contribution in [0.4, 0.5) is 4.39 Å². The lowest BCUT2D eigenvalue weighted by Crippen LogP contribution is -2.34. The van der Waals surface area contributed by atoms with E-state index in [2.05, 4.69) is 15.9 Å². The Labute approximate surface area is 121 Å². The van der Waals surface area contributed by atoms with Crippen LogP contribution in [0, 0.1) is 5.82 Å². The molecule has 0 fully saturated rings. The summed E-state index contributed by atoms with van der Waals surface area (Å²) in [5.74, 6) is -0.300. The second kappa shape index (κ2) is 6.78. The first kappa shape index (κ1) is 16.6. The van der Waals surface area contributed by atoms with Crippen molar-refractivity contribution in [1.29, 1.82) is 0 Å². The van der Waals surface area contributed by atoms with Crippen molar-refractivity contribution in [2.45, 2.75) is 6.04 Å². The van der Waals surface area contributed by atoms with Crippen LogP contribution in [0.25, 0.3) is 0 Å². The average Bonchev–Trinajstić information content (AvgIpc) is 2.31. The number of hydrogen-bond donors (Lipinski definition) is 1. The topological polar surface area (TPSA) is 63.4 Å². The summed E-state index contributed by atoms with van der Waals surface area (Å²) in [4.78, 5) is 1.82. The third kappa shape index (κ3) is 5.18. The van der Waals surface area contributed by atoms with Gasteiger partial charge in [0.15, 0.2) is 0 Å². The molecule has 1 unspecified atom stereocenters. The largest absolute Gasteiger partial charge is 0.329 e. The molecule has 7 heteroatoms. The molecule has 0 spiro atoms. The molecule has 2 N–H and O–H groups in total. The maximum Gasteiger partial charge on any atom is 0.148 e. The van der Waals surface area contributed by atoms with Gasteiger partial charge in [-0.15, -0.1) is 0 Å². The standard InChI is InChI=1S/C12H18BrFN2O2S/c1-16(5-6-19(2,17)18)12(8-15)9-3-4-10(13)11(14)7-9/h3-4,7,12H,5-6,8,15H2,1-2H3. The van der Waals surface area contributed by atoms with Crippen LogP contribution >= 0.6 is 15.9 Å². The van der Waals surface area contributed by atoms with Gasteiger partial charge in [0.2, 0.25) is 0 Å². The van der Waals surface area contributed by atoms with Gasteiger partial charge in [-0.05, 0) is 40.7 Å². The van der Waals surface area contributed by atoms with Crippen LogP contribution in [0.2, 0.25) is 0 Å². The summed E-state index contributed by atoms with van der Waals surface area (Å²) < 4.78 is 36.2. The summed E-state index contributed by atoms with van der Waals surface area (Å²) in [5, 5.41) is 0. The van der Waals surface area contributed by atoms with Gasteiger partial charge in [-0.3, -0.25) is 4.90 Å². The zero-order valence-electron chi connectivity index (χ0n) is 10.9. The van der Waals surface area contributed by atoms with E-state index < -0.39 is 9.84 Å². The minimum absolute atomic E-state index is 0.0546. The zero-order chi connectivity index (χ0) is 14.6. The molecular weight excluding hydrogens is 335 g/mol. The SMILES string of the molecule is CN(CCS(C)(=O)=O)C(CN)c1ccc(Br)c(F)c1. The molecule has 19 heavy (non-hydrogen) atoms. The minimum atomic E-state index is -3.02. The molecule has 1 aromatic rings. The highest BCUT2D eigenvalue weighted by Crippen LogP contribution is 2.23. The van der Waals surface area contributed by atoms with Gasteiger partial charge < -0.3 is 5.73 Å². The molecule has 0 aromatic heterocycles. The molecule has 0 saturated carbocycles. The molecule has 0 aliphatic carbocycles. The van der Waals surface area contributed by atoms with Crippen LogP contribution in [-0.2, 0) is 9.84 Å². The third-order valence-electron chi connectivity index (χ3n) is 2.90. The number of benzene rings is 1. The van der Waals surface area contributed by atoms with Crippen LogP contribution in [0.3, 0.4) is 0 Å². The van der Waals surface area contributed by atoms with Crippen LogP contribution in [-0.4, -0.2) is 45.5 Å². The second-order valence-corrected chi connectivity index (χ2v) is 7.65. The van der Waals surface area contributed by atoms with Crippen molar-refractivity contribution in [2.75, 3.05) is 32.1 Å². The molecule has 0 heterocycles. The van der Waals surface area contributed by atoms with Crippen molar-refractivity contribution in [3.63, 3.8) is 0 Å². The third-order valence-corrected chi connectivity index (χ3v) is 4.47. The molecule has 0 amide bonds. The van der Waals surface area contributed by atoms with Gasteiger partial charge in [0.25, 0.3) is 0 Å². The number of hydrogen-bond acceptors (Lipinski definition) is 4. The van der Waals surface area contributed by atoms with Gasteiger partial charge in [-0.1, -0.05) is 6.07 Å². The van der Waals surface area contributed by atoms with Crippen molar-refractivity contribution in [3.05, 3.63) is 34.1 Å². The Balaban J connectivity index is 2.84. The van der Waals surface area contributed by atoms with E-state index in [-0.39, 0.29) is 17.6 Å². The van der Waals surface area contributed by atoms with Crippen molar-refractivity contribution >= 4 is 25.8 Å². The molecule has 4 nitrogen and oxygen atoms in total. The predicted octanol–water partition coefficient (Wildman–Crippen LogP) is 1.56. The molecule has 0 radical (unpaired) electrons. The highest BCUT2D eigenvalue weighted by molar-refractivity contribution is 9.10. The Hall–Kier alpha value is -0.500. The fraction of sp³-hybridized carbons (Fsp3) is 0.500. The van der Waals surface area contributed by atoms with Gasteiger partial charge >= 0.3 is 0 Å². The van der Waals surface area contributed by atoms with E-state index in [1.54, 1.807) is 19.2 Å². The molecule has 0 saturated heterocycles. The van der Waals surface area contributed by atoms with Gasteiger partial charge in [-0.25, -0.2) is 12.8 Å². The van der Waals surface area contributed by atoms with Crippen LogP contribution in [0.5, 0.6) is 0 Å². The number of rotatable bonds is 6. The monoisotopic (exact) mass is 352 g/mol. The maximum atomic E-state index is 13.5. The number of sulfone groups is 1. The highest BCUT2D eigenvalue weighted by Gasteiger charge is 2.18. The van der Waals surface area contributed by atoms with Gasteiger partial charge in [0.1, 0.15) is 15.7 Å². The van der Waals surface area contributed by atoms with Crippen LogP contribution < -0.4 is 5.73 Å². The summed E-state index contributed by atoms with van der Waals surface area (Å²) in [7, 11) is -1.24. The molecule has 0 bridgehead atoms. The number of halogens is 2. The first-order valence-electron chi connectivity index (χ1n) is 5.77.